The second-order valence-corrected chi connectivity index (χ2v) is 11.0. The van der Waals surface area contributed by atoms with Gasteiger partial charge < -0.3 is 19.3 Å². The summed E-state index contributed by atoms with van der Waals surface area (Å²) in [5.74, 6) is -0.931. The number of hydrogen-bond acceptors (Lipinski definition) is 6. The average molecular weight is 549 g/mol. The van der Waals surface area contributed by atoms with Crippen LogP contribution < -0.4 is 0 Å². The molecule has 0 aromatic carbocycles. The van der Waals surface area contributed by atoms with E-state index >= 15 is 0 Å². The molecule has 0 rings (SSSR count). The maximum atomic E-state index is 12.1. The van der Waals surface area contributed by atoms with E-state index in [1.807, 2.05) is 6.92 Å². The summed E-state index contributed by atoms with van der Waals surface area (Å²) in [4.78, 5) is 41.6. The van der Waals surface area contributed by atoms with Gasteiger partial charge in [-0.25, -0.2) is 4.57 Å². The van der Waals surface area contributed by atoms with Crippen LogP contribution in [0, 0.1) is 0 Å². The van der Waals surface area contributed by atoms with E-state index in [0.717, 1.165) is 32.1 Å². The molecule has 0 aromatic heterocycles. The van der Waals surface area contributed by atoms with Crippen molar-refractivity contribution in [1.82, 2.24) is 0 Å². The molecule has 0 aromatic rings. The molecule has 0 saturated heterocycles. The number of rotatable bonds is 26. The van der Waals surface area contributed by atoms with Crippen LogP contribution >= 0.6 is 7.82 Å². The number of hydrogen-bond donors (Lipinski definition) is 2. The zero-order valence-electron chi connectivity index (χ0n) is 23.4. The second kappa shape index (κ2) is 25.1. The molecule has 1 atom stereocenters. The molecule has 37 heavy (non-hydrogen) atoms. The lowest BCUT2D eigenvalue weighted by molar-refractivity contribution is -0.161. The highest BCUT2D eigenvalue weighted by molar-refractivity contribution is 7.46. The fraction of sp³-hybridized carbons (Fsp3) is 0.857. The lowest BCUT2D eigenvalue weighted by Crippen LogP contribution is -2.29. The summed E-state index contributed by atoms with van der Waals surface area (Å²) in [5, 5.41) is 0. The summed E-state index contributed by atoms with van der Waals surface area (Å²) >= 11 is 0. The van der Waals surface area contributed by atoms with Crippen LogP contribution in [-0.4, -0.2) is 41.0 Å². The Hall–Kier alpha value is -1.21. The number of ether oxygens (including phenoxy) is 2. The summed E-state index contributed by atoms with van der Waals surface area (Å²) in [6, 6.07) is 0. The van der Waals surface area contributed by atoms with Gasteiger partial charge in [-0.05, 0) is 38.5 Å². The van der Waals surface area contributed by atoms with Gasteiger partial charge in [0, 0.05) is 12.8 Å². The Balaban J connectivity index is 3.83. The third kappa shape index (κ3) is 27.6. The molecule has 8 nitrogen and oxygen atoms in total. The molecule has 0 aliphatic heterocycles. The van der Waals surface area contributed by atoms with E-state index < -0.39 is 32.5 Å². The van der Waals surface area contributed by atoms with Gasteiger partial charge in [-0.15, -0.1) is 0 Å². The molecule has 0 aliphatic carbocycles. The first-order valence-corrected chi connectivity index (χ1v) is 16.0. The van der Waals surface area contributed by atoms with Crippen molar-refractivity contribution in [3.63, 3.8) is 0 Å². The predicted octanol–water partition coefficient (Wildman–Crippen LogP) is 7.56. The summed E-state index contributed by atoms with van der Waals surface area (Å²) < 4.78 is 25.7. The maximum Gasteiger partial charge on any atom is 0.469 e. The van der Waals surface area contributed by atoms with Gasteiger partial charge in [0.1, 0.15) is 6.61 Å². The Labute approximate surface area is 225 Å². The van der Waals surface area contributed by atoms with Crippen LogP contribution in [0.3, 0.4) is 0 Å². The number of carbonyl (C=O) groups is 2. The Morgan fingerprint density at radius 2 is 1.16 bits per heavy atom. The van der Waals surface area contributed by atoms with Crippen LogP contribution in [0.1, 0.15) is 136 Å². The molecule has 9 heteroatoms. The van der Waals surface area contributed by atoms with E-state index in [-0.39, 0.29) is 19.4 Å². The van der Waals surface area contributed by atoms with Crippen LogP contribution in [-0.2, 0) is 28.2 Å². The first-order valence-electron chi connectivity index (χ1n) is 14.5. The van der Waals surface area contributed by atoms with E-state index in [2.05, 4.69) is 23.6 Å². The minimum absolute atomic E-state index is 0.208. The number of phosphoric ester groups is 1. The molecule has 0 amide bonds. The minimum atomic E-state index is -4.72. The van der Waals surface area contributed by atoms with E-state index in [1.54, 1.807) is 0 Å². The number of unbranched alkanes of at least 4 members (excludes halogenated alkanes) is 14. The third-order valence-electron chi connectivity index (χ3n) is 6.03. The Kier molecular flexibility index (Phi) is 24.3. The molecule has 2 N–H and O–H groups in total. The monoisotopic (exact) mass is 548 g/mol. The lowest BCUT2D eigenvalue weighted by atomic mass is 10.1. The smallest absolute Gasteiger partial charge is 0.462 e. The van der Waals surface area contributed by atoms with Crippen molar-refractivity contribution in [1.29, 1.82) is 0 Å². The average Bonchev–Trinajstić information content (AvgIpc) is 2.85. The van der Waals surface area contributed by atoms with Gasteiger partial charge in [-0.1, -0.05) is 96.6 Å². The fourth-order valence-electron chi connectivity index (χ4n) is 3.81. The SMILES string of the molecule is CCCCCCCC/C=C\CCCCCCCCCC(=O)OC(COC(=O)CCCC)COP(=O)(O)O. The summed E-state index contributed by atoms with van der Waals surface area (Å²) in [5.41, 5.74) is 0. The molecule has 0 heterocycles. The highest BCUT2D eigenvalue weighted by atomic mass is 31.2. The maximum absolute atomic E-state index is 12.1. The van der Waals surface area contributed by atoms with Gasteiger partial charge in [-0.2, -0.15) is 0 Å². The zero-order valence-corrected chi connectivity index (χ0v) is 24.3. The normalized spacial score (nSPS) is 12.6. The molecule has 0 spiro atoms. The number of phosphoric acid groups is 1. The lowest BCUT2D eigenvalue weighted by Gasteiger charge is -2.18. The minimum Gasteiger partial charge on any atom is -0.462 e. The van der Waals surface area contributed by atoms with Crippen LogP contribution in [0.2, 0.25) is 0 Å². The number of esters is 2. The summed E-state index contributed by atoms with van der Waals surface area (Å²) in [7, 11) is -4.72. The largest absolute Gasteiger partial charge is 0.469 e. The van der Waals surface area contributed by atoms with Crippen molar-refractivity contribution in [3.8, 4) is 0 Å². The van der Waals surface area contributed by atoms with E-state index in [4.69, 9.17) is 19.3 Å². The van der Waals surface area contributed by atoms with Gasteiger partial charge in [0.05, 0.1) is 6.61 Å². The second-order valence-electron chi connectivity index (χ2n) is 9.73. The molecular formula is C28H53O8P. The molecule has 0 radical (unpaired) electrons. The van der Waals surface area contributed by atoms with E-state index in [1.165, 1.54) is 64.2 Å². The standard InChI is InChI=1S/C28H53O8P/c1-3-5-7-8-9-10-11-12-13-14-15-16-17-18-19-20-21-23-28(30)36-26(25-35-37(31,32)33)24-34-27(29)22-6-4-2/h12-13,26H,3-11,14-25H2,1-2H3,(H2,31,32,33)/b13-12-. The highest BCUT2D eigenvalue weighted by Gasteiger charge is 2.22. The molecule has 0 saturated carbocycles. The molecule has 1 unspecified atom stereocenters. The van der Waals surface area contributed by atoms with Gasteiger partial charge in [-0.3, -0.25) is 14.1 Å². The van der Waals surface area contributed by atoms with E-state index in [0.29, 0.717) is 12.8 Å². The predicted molar refractivity (Wildman–Crippen MR) is 147 cm³/mol. The third-order valence-corrected chi connectivity index (χ3v) is 6.52. The Morgan fingerprint density at radius 3 is 1.70 bits per heavy atom. The quantitative estimate of drug-likeness (QED) is 0.0492. The fourth-order valence-corrected chi connectivity index (χ4v) is 4.17. The first kappa shape index (κ1) is 35.8. The van der Waals surface area contributed by atoms with Crippen molar-refractivity contribution < 1.29 is 37.9 Å². The van der Waals surface area contributed by atoms with E-state index in [9.17, 15) is 14.2 Å². The Morgan fingerprint density at radius 1 is 0.676 bits per heavy atom. The number of carbonyl (C=O) groups excluding carboxylic acids is 2. The molecular weight excluding hydrogens is 495 g/mol. The van der Waals surface area contributed by atoms with Crippen molar-refractivity contribution in [2.75, 3.05) is 13.2 Å². The van der Waals surface area contributed by atoms with Crippen molar-refractivity contribution in [2.45, 2.75) is 142 Å². The first-order chi connectivity index (χ1) is 17.8. The highest BCUT2D eigenvalue weighted by Crippen LogP contribution is 2.35. The van der Waals surface area contributed by atoms with Crippen LogP contribution in [0.15, 0.2) is 12.2 Å². The van der Waals surface area contributed by atoms with Crippen molar-refractivity contribution in [3.05, 3.63) is 12.2 Å². The number of allylic oxidation sites excluding steroid dienone is 2. The van der Waals surface area contributed by atoms with Crippen molar-refractivity contribution >= 4 is 19.8 Å². The van der Waals surface area contributed by atoms with Crippen LogP contribution in [0.25, 0.3) is 0 Å². The van der Waals surface area contributed by atoms with Crippen LogP contribution in [0.5, 0.6) is 0 Å². The topological polar surface area (TPSA) is 119 Å². The van der Waals surface area contributed by atoms with Gasteiger partial charge in [0.2, 0.25) is 0 Å². The van der Waals surface area contributed by atoms with Gasteiger partial charge >= 0.3 is 19.8 Å². The van der Waals surface area contributed by atoms with Crippen molar-refractivity contribution in [2.24, 2.45) is 0 Å². The summed E-state index contributed by atoms with van der Waals surface area (Å²) in [6.07, 6.45) is 23.4. The zero-order chi connectivity index (χ0) is 27.6. The van der Waals surface area contributed by atoms with Gasteiger partial charge in [0.15, 0.2) is 6.10 Å². The molecule has 0 bridgehead atoms. The summed E-state index contributed by atoms with van der Waals surface area (Å²) in [6.45, 7) is 3.37. The molecule has 218 valence electrons. The van der Waals surface area contributed by atoms with Gasteiger partial charge in [0.25, 0.3) is 0 Å². The molecule has 0 fully saturated rings. The van der Waals surface area contributed by atoms with Crippen LogP contribution in [0.4, 0.5) is 0 Å². The Bertz CT molecular complexity index is 632. The molecule has 0 aliphatic rings.